The lowest BCUT2D eigenvalue weighted by atomic mass is 10.2. The lowest BCUT2D eigenvalue weighted by molar-refractivity contribution is 0.0587. The summed E-state index contributed by atoms with van der Waals surface area (Å²) in [4.78, 5) is 11.5. The summed E-state index contributed by atoms with van der Waals surface area (Å²) in [6.45, 7) is 7.23. The molecule has 15 heavy (non-hydrogen) atoms. The number of carbonyl (C=O) groups excluding carboxylic acids is 1. The van der Waals surface area contributed by atoms with Crippen molar-refractivity contribution < 1.29 is 9.53 Å². The van der Waals surface area contributed by atoms with Crippen molar-refractivity contribution in [3.63, 3.8) is 0 Å². The van der Waals surface area contributed by atoms with Crippen molar-refractivity contribution in [2.24, 2.45) is 5.92 Å². The summed E-state index contributed by atoms with van der Waals surface area (Å²) in [7, 11) is 1.42. The summed E-state index contributed by atoms with van der Waals surface area (Å²) in [5, 5.41) is 0. The van der Waals surface area contributed by atoms with Crippen LogP contribution in [0.5, 0.6) is 0 Å². The van der Waals surface area contributed by atoms with Crippen LogP contribution < -0.4 is 0 Å². The van der Waals surface area contributed by atoms with E-state index in [0.29, 0.717) is 11.6 Å². The summed E-state index contributed by atoms with van der Waals surface area (Å²) in [5.74, 6) is 0.265. The van der Waals surface area contributed by atoms with E-state index in [1.54, 1.807) is 0 Å². The highest BCUT2D eigenvalue weighted by Crippen LogP contribution is 2.14. The molecule has 3 heteroatoms. The highest BCUT2D eigenvalue weighted by Gasteiger charge is 2.14. The molecular formula is C12H19NO2. The van der Waals surface area contributed by atoms with Crippen molar-refractivity contribution in [3.8, 4) is 0 Å². The van der Waals surface area contributed by atoms with Gasteiger partial charge in [-0.15, -0.1) is 0 Å². The quantitative estimate of drug-likeness (QED) is 0.713. The third-order valence-corrected chi connectivity index (χ3v) is 2.38. The second-order valence-corrected chi connectivity index (χ2v) is 4.06. The number of hydrogen-bond donors (Lipinski definition) is 0. The van der Waals surface area contributed by atoms with Crippen LogP contribution in [0.4, 0.5) is 0 Å². The normalized spacial score (nSPS) is 10.7. The zero-order valence-corrected chi connectivity index (χ0v) is 9.91. The molecule has 0 saturated heterocycles. The van der Waals surface area contributed by atoms with E-state index in [9.17, 15) is 4.79 Å². The van der Waals surface area contributed by atoms with Crippen molar-refractivity contribution in [1.29, 1.82) is 0 Å². The molecule has 3 nitrogen and oxygen atoms in total. The molecule has 0 aliphatic heterocycles. The Kier molecular flexibility index (Phi) is 3.95. The van der Waals surface area contributed by atoms with Gasteiger partial charge >= 0.3 is 5.97 Å². The van der Waals surface area contributed by atoms with Gasteiger partial charge in [0.1, 0.15) is 5.69 Å². The smallest absolute Gasteiger partial charge is 0.354 e. The van der Waals surface area contributed by atoms with Gasteiger partial charge in [0.25, 0.3) is 0 Å². The van der Waals surface area contributed by atoms with E-state index < -0.39 is 0 Å². The first-order valence-corrected chi connectivity index (χ1v) is 5.36. The van der Waals surface area contributed by atoms with E-state index in [4.69, 9.17) is 4.74 Å². The van der Waals surface area contributed by atoms with Crippen LogP contribution in [0.2, 0.25) is 0 Å². The zero-order valence-electron chi connectivity index (χ0n) is 9.91. The minimum Gasteiger partial charge on any atom is -0.464 e. The summed E-state index contributed by atoms with van der Waals surface area (Å²) in [6.07, 6.45) is 0.934. The first-order chi connectivity index (χ1) is 7.10. The molecule has 0 atom stereocenters. The second-order valence-electron chi connectivity index (χ2n) is 4.06. The number of esters is 1. The molecular weight excluding hydrogens is 190 g/mol. The Bertz CT molecular complexity index is 339. The minimum absolute atomic E-state index is 0.254. The number of carbonyl (C=O) groups is 1. The second kappa shape index (κ2) is 5.01. The SMILES string of the molecule is CCc1ccc(C(=O)OC)n1CC(C)C. The minimum atomic E-state index is -0.254. The number of rotatable bonds is 4. The van der Waals surface area contributed by atoms with Crippen molar-refractivity contribution in [3.05, 3.63) is 23.5 Å². The Balaban J connectivity index is 3.05. The van der Waals surface area contributed by atoms with Gasteiger partial charge in [0, 0.05) is 12.2 Å². The maximum absolute atomic E-state index is 11.5. The van der Waals surface area contributed by atoms with Gasteiger partial charge < -0.3 is 9.30 Å². The van der Waals surface area contributed by atoms with E-state index in [-0.39, 0.29) is 5.97 Å². The first-order valence-electron chi connectivity index (χ1n) is 5.36. The summed E-state index contributed by atoms with van der Waals surface area (Å²) in [5.41, 5.74) is 1.84. The van der Waals surface area contributed by atoms with Gasteiger partial charge in [-0.3, -0.25) is 0 Å². The molecule has 0 aromatic carbocycles. The van der Waals surface area contributed by atoms with Crippen LogP contribution in [0.15, 0.2) is 12.1 Å². The molecule has 1 rings (SSSR count). The third kappa shape index (κ3) is 2.61. The Morgan fingerprint density at radius 1 is 1.47 bits per heavy atom. The van der Waals surface area contributed by atoms with Crippen molar-refractivity contribution in [2.75, 3.05) is 7.11 Å². The third-order valence-electron chi connectivity index (χ3n) is 2.38. The maximum Gasteiger partial charge on any atom is 0.354 e. The van der Waals surface area contributed by atoms with Crippen molar-refractivity contribution in [1.82, 2.24) is 4.57 Å². The molecule has 0 radical (unpaired) electrons. The summed E-state index contributed by atoms with van der Waals surface area (Å²) in [6, 6.07) is 3.84. The molecule has 0 spiro atoms. The van der Waals surface area contributed by atoms with Crippen LogP contribution in [-0.2, 0) is 17.7 Å². The first kappa shape index (κ1) is 11.8. The van der Waals surface area contributed by atoms with Crippen molar-refractivity contribution >= 4 is 5.97 Å². The molecule has 0 fully saturated rings. The van der Waals surface area contributed by atoms with E-state index in [2.05, 4.69) is 25.3 Å². The van der Waals surface area contributed by atoms with E-state index in [0.717, 1.165) is 13.0 Å². The molecule has 0 unspecified atom stereocenters. The molecule has 0 aliphatic rings. The van der Waals surface area contributed by atoms with Gasteiger partial charge in [-0.25, -0.2) is 4.79 Å². The van der Waals surface area contributed by atoms with Gasteiger partial charge in [-0.1, -0.05) is 20.8 Å². The lowest BCUT2D eigenvalue weighted by Crippen LogP contribution is -2.15. The summed E-state index contributed by atoms with van der Waals surface area (Å²) < 4.78 is 6.81. The Labute approximate surface area is 91.0 Å². The number of methoxy groups -OCH3 is 1. The number of aromatic nitrogens is 1. The van der Waals surface area contributed by atoms with E-state index in [1.807, 2.05) is 12.1 Å². The summed E-state index contributed by atoms with van der Waals surface area (Å²) >= 11 is 0. The van der Waals surface area contributed by atoms with E-state index in [1.165, 1.54) is 12.8 Å². The highest BCUT2D eigenvalue weighted by atomic mass is 16.5. The topological polar surface area (TPSA) is 31.2 Å². The number of nitrogens with zero attached hydrogens (tertiary/aromatic N) is 1. The number of aryl methyl sites for hydroxylation is 1. The average Bonchev–Trinajstić information content (AvgIpc) is 2.59. The van der Waals surface area contributed by atoms with Gasteiger partial charge in [0.05, 0.1) is 7.11 Å². The van der Waals surface area contributed by atoms with Crippen LogP contribution >= 0.6 is 0 Å². The van der Waals surface area contributed by atoms with Crippen LogP contribution in [0.3, 0.4) is 0 Å². The molecule has 1 aromatic rings. The van der Waals surface area contributed by atoms with Gasteiger partial charge in [-0.2, -0.15) is 0 Å². The molecule has 0 amide bonds. The van der Waals surface area contributed by atoms with Crippen molar-refractivity contribution in [2.45, 2.75) is 33.7 Å². The predicted molar refractivity (Wildman–Crippen MR) is 60.0 cm³/mol. The van der Waals surface area contributed by atoms with Gasteiger partial charge in [0.15, 0.2) is 0 Å². The van der Waals surface area contributed by atoms with Crippen LogP contribution in [0, 0.1) is 5.92 Å². The Morgan fingerprint density at radius 3 is 2.60 bits per heavy atom. The molecule has 0 bridgehead atoms. The molecule has 1 heterocycles. The Hall–Kier alpha value is -1.25. The van der Waals surface area contributed by atoms with Crippen LogP contribution in [0.1, 0.15) is 37.0 Å². The monoisotopic (exact) mass is 209 g/mol. The van der Waals surface area contributed by atoms with E-state index >= 15 is 0 Å². The van der Waals surface area contributed by atoms with Gasteiger partial charge in [-0.05, 0) is 24.5 Å². The van der Waals surface area contributed by atoms with Crippen LogP contribution in [-0.4, -0.2) is 17.6 Å². The lowest BCUT2D eigenvalue weighted by Gasteiger charge is -2.13. The zero-order chi connectivity index (χ0) is 11.4. The fourth-order valence-corrected chi connectivity index (χ4v) is 1.68. The van der Waals surface area contributed by atoms with Crippen LogP contribution in [0.25, 0.3) is 0 Å². The number of hydrogen-bond acceptors (Lipinski definition) is 2. The average molecular weight is 209 g/mol. The maximum atomic E-state index is 11.5. The molecule has 0 saturated carbocycles. The largest absolute Gasteiger partial charge is 0.464 e. The standard InChI is InChI=1S/C12H19NO2/c1-5-10-6-7-11(12(14)15-4)13(10)8-9(2)3/h6-7,9H,5,8H2,1-4H3. The fraction of sp³-hybridized carbons (Fsp3) is 0.583. The molecule has 0 aliphatic carbocycles. The highest BCUT2D eigenvalue weighted by molar-refractivity contribution is 5.87. The molecule has 0 N–H and O–H groups in total. The molecule has 84 valence electrons. The fourth-order valence-electron chi connectivity index (χ4n) is 1.68. The van der Waals surface area contributed by atoms with Gasteiger partial charge in [0.2, 0.25) is 0 Å². The molecule has 1 aromatic heterocycles. The number of ether oxygens (including phenoxy) is 1. The predicted octanol–water partition coefficient (Wildman–Crippen LogP) is 2.49. The Morgan fingerprint density at radius 2 is 2.13 bits per heavy atom.